The van der Waals surface area contributed by atoms with Crippen LogP contribution in [-0.2, 0) is 6.42 Å². The van der Waals surface area contributed by atoms with Gasteiger partial charge >= 0.3 is 0 Å². The molecule has 0 bridgehead atoms. The molecule has 0 aliphatic carbocycles. The van der Waals surface area contributed by atoms with Gasteiger partial charge in [-0.05, 0) is 60.9 Å². The summed E-state index contributed by atoms with van der Waals surface area (Å²) in [6.45, 7) is 2.20. The van der Waals surface area contributed by atoms with Crippen LogP contribution in [-0.4, -0.2) is 16.1 Å². The summed E-state index contributed by atoms with van der Waals surface area (Å²) in [6, 6.07) is 17.4. The summed E-state index contributed by atoms with van der Waals surface area (Å²) in [6.07, 6.45) is 6.31. The number of aromatic amines is 1. The van der Waals surface area contributed by atoms with Crippen LogP contribution in [0, 0.1) is 0 Å². The predicted molar refractivity (Wildman–Crippen MR) is 111 cm³/mol. The van der Waals surface area contributed by atoms with Gasteiger partial charge in [-0.2, -0.15) is 5.10 Å². The number of hydrogen-bond acceptors (Lipinski definition) is 3. The van der Waals surface area contributed by atoms with Gasteiger partial charge in [-0.25, -0.2) is 0 Å². The molecule has 5 heteroatoms. The Balaban J connectivity index is 1.51. The zero-order valence-electron chi connectivity index (χ0n) is 15.9. The summed E-state index contributed by atoms with van der Waals surface area (Å²) in [5, 5.41) is 11.0. The first kappa shape index (κ1) is 18.0. The van der Waals surface area contributed by atoms with Gasteiger partial charge in [0, 0.05) is 16.5 Å². The largest absolute Gasteiger partial charge is 0.464 e. The molecule has 0 unspecified atom stereocenters. The van der Waals surface area contributed by atoms with Gasteiger partial charge in [0.2, 0.25) is 0 Å². The number of fused-ring (bicyclic) bond motifs is 1. The van der Waals surface area contributed by atoms with Crippen molar-refractivity contribution in [2.45, 2.75) is 32.6 Å². The smallest absolute Gasteiger partial charge is 0.256 e. The van der Waals surface area contributed by atoms with Crippen molar-refractivity contribution in [3.05, 3.63) is 72.0 Å². The molecule has 4 aromatic rings. The van der Waals surface area contributed by atoms with Crippen LogP contribution in [0.2, 0.25) is 0 Å². The van der Waals surface area contributed by atoms with Crippen LogP contribution in [0.3, 0.4) is 0 Å². The van der Waals surface area contributed by atoms with Crippen molar-refractivity contribution in [2.75, 3.05) is 5.32 Å². The number of hydrogen-bond donors (Lipinski definition) is 2. The second kappa shape index (κ2) is 8.13. The van der Waals surface area contributed by atoms with Crippen LogP contribution < -0.4 is 5.32 Å². The third kappa shape index (κ3) is 3.83. The third-order valence-corrected chi connectivity index (χ3v) is 4.89. The summed E-state index contributed by atoms with van der Waals surface area (Å²) in [4.78, 5) is 12.7. The van der Waals surface area contributed by atoms with Gasteiger partial charge in [-0.3, -0.25) is 9.89 Å². The van der Waals surface area contributed by atoms with E-state index >= 15 is 0 Å². The standard InChI is InChI=1S/C23H23N3O2/c1-2-3-4-6-16-8-10-17(11-9-16)23(27)24-22-19-15-18(21-7-5-14-28-21)12-13-20(19)25-26-22/h5,7-15H,2-4,6H2,1H3,(H2,24,25,26,27). The van der Waals surface area contributed by atoms with E-state index in [2.05, 4.69) is 22.4 Å². The van der Waals surface area contributed by atoms with E-state index in [9.17, 15) is 4.79 Å². The summed E-state index contributed by atoms with van der Waals surface area (Å²) < 4.78 is 5.46. The molecule has 28 heavy (non-hydrogen) atoms. The van der Waals surface area contributed by atoms with Crippen LogP contribution >= 0.6 is 0 Å². The van der Waals surface area contributed by atoms with E-state index in [4.69, 9.17) is 4.42 Å². The number of aryl methyl sites for hydroxylation is 1. The lowest BCUT2D eigenvalue weighted by atomic mass is 10.1. The van der Waals surface area contributed by atoms with Gasteiger partial charge in [0.1, 0.15) is 5.76 Å². The molecule has 1 amide bonds. The van der Waals surface area contributed by atoms with Crippen molar-refractivity contribution in [2.24, 2.45) is 0 Å². The molecule has 0 aliphatic heterocycles. The Morgan fingerprint density at radius 2 is 1.96 bits per heavy atom. The Hall–Kier alpha value is -3.34. The van der Waals surface area contributed by atoms with E-state index < -0.39 is 0 Å². The number of unbranched alkanes of at least 4 members (excludes halogenated alkanes) is 2. The summed E-state index contributed by atoms with van der Waals surface area (Å²) in [5.74, 6) is 1.12. The van der Waals surface area contributed by atoms with E-state index in [0.717, 1.165) is 28.6 Å². The number of H-pyrrole nitrogens is 1. The fourth-order valence-corrected chi connectivity index (χ4v) is 3.29. The fraction of sp³-hybridized carbons (Fsp3) is 0.217. The Bertz CT molecular complexity index is 1060. The number of anilines is 1. The topological polar surface area (TPSA) is 70.9 Å². The molecule has 5 nitrogen and oxygen atoms in total. The minimum atomic E-state index is -0.170. The molecule has 0 radical (unpaired) electrons. The molecule has 2 N–H and O–H groups in total. The number of rotatable bonds is 7. The Morgan fingerprint density at radius 1 is 1.11 bits per heavy atom. The number of nitrogens with zero attached hydrogens (tertiary/aromatic N) is 1. The van der Waals surface area contributed by atoms with E-state index in [1.165, 1.54) is 24.8 Å². The highest BCUT2D eigenvalue weighted by atomic mass is 16.3. The van der Waals surface area contributed by atoms with Gasteiger partial charge in [0.25, 0.3) is 5.91 Å². The third-order valence-electron chi connectivity index (χ3n) is 4.89. The number of aromatic nitrogens is 2. The van der Waals surface area contributed by atoms with Crippen LogP contribution in [0.4, 0.5) is 5.82 Å². The van der Waals surface area contributed by atoms with E-state index in [0.29, 0.717) is 11.4 Å². The molecule has 0 saturated heterocycles. The Morgan fingerprint density at radius 3 is 2.71 bits per heavy atom. The highest BCUT2D eigenvalue weighted by Crippen LogP contribution is 2.28. The highest BCUT2D eigenvalue weighted by Gasteiger charge is 2.13. The minimum absolute atomic E-state index is 0.170. The van der Waals surface area contributed by atoms with Crippen molar-refractivity contribution in [1.29, 1.82) is 0 Å². The SMILES string of the molecule is CCCCCc1ccc(C(=O)Nc2n[nH]c3ccc(-c4ccco4)cc23)cc1. The summed E-state index contributed by atoms with van der Waals surface area (Å²) >= 11 is 0. The molecular weight excluding hydrogens is 350 g/mol. The Labute approximate surface area is 163 Å². The van der Waals surface area contributed by atoms with Crippen LogP contribution in [0.25, 0.3) is 22.2 Å². The van der Waals surface area contributed by atoms with Gasteiger partial charge < -0.3 is 9.73 Å². The molecule has 0 atom stereocenters. The first-order chi connectivity index (χ1) is 13.7. The molecule has 0 aliphatic rings. The lowest BCUT2D eigenvalue weighted by molar-refractivity contribution is 0.102. The predicted octanol–water partition coefficient (Wildman–Crippen LogP) is 5.81. The highest BCUT2D eigenvalue weighted by molar-refractivity contribution is 6.08. The molecule has 0 spiro atoms. The Kier molecular flexibility index (Phi) is 5.24. The van der Waals surface area contributed by atoms with E-state index in [1.807, 2.05) is 54.6 Å². The van der Waals surface area contributed by atoms with Crippen molar-refractivity contribution >= 4 is 22.6 Å². The van der Waals surface area contributed by atoms with Gasteiger partial charge in [-0.1, -0.05) is 31.9 Å². The maximum absolute atomic E-state index is 12.7. The molecule has 2 heterocycles. The lowest BCUT2D eigenvalue weighted by Crippen LogP contribution is -2.12. The summed E-state index contributed by atoms with van der Waals surface area (Å²) in [7, 11) is 0. The van der Waals surface area contributed by atoms with Crippen molar-refractivity contribution < 1.29 is 9.21 Å². The van der Waals surface area contributed by atoms with Gasteiger partial charge in [0.05, 0.1) is 11.8 Å². The molecule has 2 aromatic carbocycles. The maximum Gasteiger partial charge on any atom is 0.256 e. The van der Waals surface area contributed by atoms with Gasteiger partial charge in [0.15, 0.2) is 5.82 Å². The zero-order valence-corrected chi connectivity index (χ0v) is 15.9. The summed E-state index contributed by atoms with van der Waals surface area (Å²) in [5.41, 5.74) is 3.68. The zero-order chi connectivity index (χ0) is 19.3. The first-order valence-corrected chi connectivity index (χ1v) is 9.67. The molecule has 142 valence electrons. The second-order valence-electron chi connectivity index (χ2n) is 6.92. The van der Waals surface area contributed by atoms with Crippen LogP contribution in [0.5, 0.6) is 0 Å². The molecule has 2 aromatic heterocycles. The number of carbonyl (C=O) groups excluding carboxylic acids is 1. The minimum Gasteiger partial charge on any atom is -0.464 e. The number of benzene rings is 2. The fourth-order valence-electron chi connectivity index (χ4n) is 3.29. The van der Waals surface area contributed by atoms with Crippen molar-refractivity contribution in [1.82, 2.24) is 10.2 Å². The second-order valence-corrected chi connectivity index (χ2v) is 6.92. The first-order valence-electron chi connectivity index (χ1n) is 9.67. The average Bonchev–Trinajstić information content (AvgIpc) is 3.39. The average molecular weight is 373 g/mol. The van der Waals surface area contributed by atoms with Crippen LogP contribution in [0.1, 0.15) is 42.1 Å². The van der Waals surface area contributed by atoms with Crippen molar-refractivity contribution in [3.8, 4) is 11.3 Å². The van der Waals surface area contributed by atoms with E-state index in [-0.39, 0.29) is 5.91 Å². The maximum atomic E-state index is 12.7. The van der Waals surface area contributed by atoms with Gasteiger partial charge in [-0.15, -0.1) is 0 Å². The van der Waals surface area contributed by atoms with Crippen molar-refractivity contribution in [3.63, 3.8) is 0 Å². The molecule has 0 saturated carbocycles. The number of amides is 1. The molecule has 0 fully saturated rings. The monoisotopic (exact) mass is 373 g/mol. The quantitative estimate of drug-likeness (QED) is 0.402. The number of furan rings is 1. The van der Waals surface area contributed by atoms with E-state index in [1.54, 1.807) is 6.26 Å². The number of nitrogens with one attached hydrogen (secondary N) is 2. The lowest BCUT2D eigenvalue weighted by Gasteiger charge is -2.05. The normalized spacial score (nSPS) is 11.0. The number of carbonyl (C=O) groups is 1. The molecular formula is C23H23N3O2. The molecule has 4 rings (SSSR count). The van der Waals surface area contributed by atoms with Crippen LogP contribution in [0.15, 0.2) is 65.3 Å².